The van der Waals surface area contributed by atoms with Crippen LogP contribution in [0.3, 0.4) is 0 Å². The van der Waals surface area contributed by atoms with Gasteiger partial charge in [-0.15, -0.1) is 0 Å². The Labute approximate surface area is 118 Å². The number of fused-ring (bicyclic) bond motifs is 1. The highest BCUT2D eigenvalue weighted by Crippen LogP contribution is 2.33. The summed E-state index contributed by atoms with van der Waals surface area (Å²) in [4.78, 5) is 5.01. The van der Waals surface area contributed by atoms with Gasteiger partial charge >= 0.3 is 0 Å². The van der Waals surface area contributed by atoms with Gasteiger partial charge in [-0.3, -0.25) is 0 Å². The molecule has 1 saturated heterocycles. The quantitative estimate of drug-likeness (QED) is 0.703. The van der Waals surface area contributed by atoms with Crippen molar-refractivity contribution < 1.29 is 0 Å². The smallest absolute Gasteiger partial charge is 0.172 e. The van der Waals surface area contributed by atoms with Crippen LogP contribution in [0.25, 0.3) is 0 Å². The Bertz CT molecular complexity index is 290. The van der Waals surface area contributed by atoms with E-state index in [4.69, 9.17) is 12.2 Å². The normalized spacial score (nSPS) is 30.1. The Morgan fingerprint density at radius 2 is 1.61 bits per heavy atom. The first kappa shape index (κ1) is 14.1. The molecule has 2 nitrogen and oxygen atoms in total. The van der Waals surface area contributed by atoms with Crippen LogP contribution in [-0.4, -0.2) is 39.6 Å². The van der Waals surface area contributed by atoms with Crippen LogP contribution in [0.5, 0.6) is 0 Å². The van der Waals surface area contributed by atoms with Crippen LogP contribution in [0.4, 0.5) is 0 Å². The summed E-state index contributed by atoms with van der Waals surface area (Å²) in [6.07, 6.45) is 9.68. The van der Waals surface area contributed by atoms with Crippen LogP contribution in [0.2, 0.25) is 0 Å². The molecule has 2 atom stereocenters. The summed E-state index contributed by atoms with van der Waals surface area (Å²) < 4.78 is 0. The van der Waals surface area contributed by atoms with Gasteiger partial charge in [-0.25, -0.2) is 0 Å². The minimum absolute atomic E-state index is 0.544. The van der Waals surface area contributed by atoms with E-state index in [9.17, 15) is 0 Å². The SMILES string of the molecule is CCN1C(=S)N(C(C)C)C2CCCCCCCC21. The standard InChI is InChI=1S/C15H28N2S/c1-4-16-13-10-8-6-5-7-9-11-14(13)17(12(2)3)15(16)18/h12-14H,4-11H2,1-3H3. The second-order valence-corrected chi connectivity index (χ2v) is 6.41. The van der Waals surface area contributed by atoms with Crippen molar-refractivity contribution in [2.75, 3.05) is 6.54 Å². The van der Waals surface area contributed by atoms with Crippen molar-refractivity contribution in [3.8, 4) is 0 Å². The van der Waals surface area contributed by atoms with Crippen molar-refractivity contribution in [3.05, 3.63) is 0 Å². The van der Waals surface area contributed by atoms with Gasteiger partial charge in [0.25, 0.3) is 0 Å². The van der Waals surface area contributed by atoms with E-state index in [2.05, 4.69) is 30.6 Å². The summed E-state index contributed by atoms with van der Waals surface area (Å²) in [6, 6.07) is 1.90. The van der Waals surface area contributed by atoms with Crippen LogP contribution in [-0.2, 0) is 0 Å². The zero-order valence-corrected chi connectivity index (χ0v) is 13.0. The molecule has 0 N–H and O–H groups in total. The Kier molecular flexibility index (Phi) is 4.88. The van der Waals surface area contributed by atoms with Gasteiger partial charge in [0.15, 0.2) is 5.11 Å². The number of hydrogen-bond acceptors (Lipinski definition) is 1. The van der Waals surface area contributed by atoms with Gasteiger partial charge in [0.2, 0.25) is 0 Å². The second-order valence-electron chi connectivity index (χ2n) is 6.05. The topological polar surface area (TPSA) is 6.48 Å². The Morgan fingerprint density at radius 1 is 1.06 bits per heavy atom. The van der Waals surface area contributed by atoms with E-state index in [0.29, 0.717) is 18.1 Å². The molecule has 0 bridgehead atoms. The van der Waals surface area contributed by atoms with E-state index in [-0.39, 0.29) is 0 Å². The summed E-state index contributed by atoms with van der Waals surface area (Å²) in [6.45, 7) is 7.90. The molecular weight excluding hydrogens is 240 g/mol. The van der Waals surface area contributed by atoms with E-state index in [0.717, 1.165) is 11.7 Å². The van der Waals surface area contributed by atoms with Crippen molar-refractivity contribution in [1.82, 2.24) is 9.80 Å². The maximum atomic E-state index is 5.73. The summed E-state index contributed by atoms with van der Waals surface area (Å²) in [5.41, 5.74) is 0. The summed E-state index contributed by atoms with van der Waals surface area (Å²) in [5.74, 6) is 0. The monoisotopic (exact) mass is 268 g/mol. The first-order valence-corrected chi connectivity index (χ1v) is 8.16. The predicted octanol–water partition coefficient (Wildman–Crippen LogP) is 3.80. The fourth-order valence-corrected chi connectivity index (χ4v) is 4.33. The van der Waals surface area contributed by atoms with E-state index in [1.807, 2.05) is 0 Å². The first-order valence-electron chi connectivity index (χ1n) is 7.75. The molecular formula is C15H28N2S. The number of rotatable bonds is 2. The van der Waals surface area contributed by atoms with Crippen molar-refractivity contribution in [1.29, 1.82) is 0 Å². The van der Waals surface area contributed by atoms with E-state index in [1.165, 1.54) is 44.9 Å². The molecule has 1 saturated carbocycles. The average molecular weight is 268 g/mol. The molecule has 0 aromatic carbocycles. The van der Waals surface area contributed by atoms with E-state index in [1.54, 1.807) is 0 Å². The Morgan fingerprint density at radius 3 is 2.17 bits per heavy atom. The number of thiocarbonyl (C=S) groups is 1. The van der Waals surface area contributed by atoms with Crippen molar-refractivity contribution in [2.24, 2.45) is 0 Å². The lowest BCUT2D eigenvalue weighted by molar-refractivity contribution is 0.219. The average Bonchev–Trinajstić information content (AvgIpc) is 2.64. The molecule has 104 valence electrons. The molecule has 18 heavy (non-hydrogen) atoms. The van der Waals surface area contributed by atoms with Gasteiger partial charge in [0, 0.05) is 12.6 Å². The van der Waals surface area contributed by atoms with Gasteiger partial charge in [-0.2, -0.15) is 0 Å². The van der Waals surface area contributed by atoms with Gasteiger partial charge in [-0.05, 0) is 45.8 Å². The highest BCUT2D eigenvalue weighted by atomic mass is 32.1. The summed E-state index contributed by atoms with van der Waals surface area (Å²) in [5, 5.41) is 1.11. The minimum Gasteiger partial charge on any atom is -0.344 e. The molecule has 3 heteroatoms. The van der Waals surface area contributed by atoms with Crippen LogP contribution in [0.1, 0.15) is 65.7 Å². The van der Waals surface area contributed by atoms with Crippen LogP contribution in [0.15, 0.2) is 0 Å². The molecule has 2 aliphatic rings. The fraction of sp³-hybridized carbons (Fsp3) is 0.933. The number of hydrogen-bond donors (Lipinski definition) is 0. The first-order chi connectivity index (χ1) is 8.66. The third-order valence-electron chi connectivity index (χ3n) is 4.57. The van der Waals surface area contributed by atoms with Gasteiger partial charge in [0.1, 0.15) is 0 Å². The van der Waals surface area contributed by atoms with Gasteiger partial charge in [0.05, 0.1) is 12.1 Å². The summed E-state index contributed by atoms with van der Waals surface area (Å²) in [7, 11) is 0. The molecule has 0 aromatic heterocycles. The Hall–Kier alpha value is -0.310. The molecule has 1 aliphatic heterocycles. The molecule has 0 radical (unpaired) electrons. The lowest BCUT2D eigenvalue weighted by Gasteiger charge is -2.30. The molecule has 0 amide bonds. The molecule has 1 heterocycles. The highest BCUT2D eigenvalue weighted by Gasteiger charge is 2.42. The third-order valence-corrected chi connectivity index (χ3v) is 5.01. The van der Waals surface area contributed by atoms with Crippen molar-refractivity contribution >= 4 is 17.3 Å². The molecule has 2 fully saturated rings. The molecule has 2 rings (SSSR count). The van der Waals surface area contributed by atoms with Crippen LogP contribution in [0, 0.1) is 0 Å². The number of nitrogens with zero attached hydrogens (tertiary/aromatic N) is 2. The fourth-order valence-electron chi connectivity index (χ4n) is 3.72. The highest BCUT2D eigenvalue weighted by molar-refractivity contribution is 7.80. The van der Waals surface area contributed by atoms with E-state index >= 15 is 0 Å². The third kappa shape index (κ3) is 2.66. The molecule has 1 aliphatic carbocycles. The lowest BCUT2D eigenvalue weighted by Crippen LogP contribution is -2.41. The van der Waals surface area contributed by atoms with Crippen molar-refractivity contribution in [3.63, 3.8) is 0 Å². The van der Waals surface area contributed by atoms with E-state index < -0.39 is 0 Å². The molecule has 0 spiro atoms. The predicted molar refractivity (Wildman–Crippen MR) is 81.8 cm³/mol. The zero-order valence-electron chi connectivity index (χ0n) is 12.2. The molecule has 0 aromatic rings. The maximum absolute atomic E-state index is 5.73. The Balaban J connectivity index is 2.20. The lowest BCUT2D eigenvalue weighted by atomic mass is 9.98. The van der Waals surface area contributed by atoms with Crippen LogP contribution < -0.4 is 0 Å². The van der Waals surface area contributed by atoms with Crippen LogP contribution >= 0.6 is 12.2 Å². The summed E-state index contributed by atoms with van der Waals surface area (Å²) >= 11 is 5.73. The largest absolute Gasteiger partial charge is 0.344 e. The zero-order chi connectivity index (χ0) is 13.1. The minimum atomic E-state index is 0.544. The van der Waals surface area contributed by atoms with Gasteiger partial charge < -0.3 is 9.80 Å². The molecule has 2 unspecified atom stereocenters. The maximum Gasteiger partial charge on any atom is 0.172 e. The second kappa shape index (κ2) is 6.23. The van der Waals surface area contributed by atoms with Gasteiger partial charge in [-0.1, -0.05) is 32.1 Å². The number of likely N-dealkylation sites (N-methyl/N-ethyl adjacent to an activating group) is 1. The van der Waals surface area contributed by atoms with Crippen molar-refractivity contribution in [2.45, 2.75) is 83.8 Å².